The number of carbonyl (C=O) groups is 1. The van der Waals surface area contributed by atoms with Crippen molar-refractivity contribution in [1.29, 1.82) is 0 Å². The first-order chi connectivity index (χ1) is 8.99. The maximum atomic E-state index is 12.1. The third-order valence-corrected chi connectivity index (χ3v) is 3.91. The number of benzene rings is 1. The van der Waals surface area contributed by atoms with E-state index >= 15 is 0 Å². The van der Waals surface area contributed by atoms with Gasteiger partial charge in [0.15, 0.2) is 0 Å². The number of para-hydroxylation sites is 1. The Morgan fingerprint density at radius 1 is 1.21 bits per heavy atom. The molecule has 0 aliphatic rings. The van der Waals surface area contributed by atoms with E-state index in [4.69, 9.17) is 17.3 Å². The molecule has 0 fully saturated rings. The summed E-state index contributed by atoms with van der Waals surface area (Å²) < 4.78 is 1.49. The highest BCUT2D eigenvalue weighted by Gasteiger charge is 2.15. The van der Waals surface area contributed by atoms with E-state index in [1.54, 1.807) is 0 Å². The van der Waals surface area contributed by atoms with Crippen LogP contribution in [0.5, 0.6) is 0 Å². The number of pyridine rings is 1. The van der Waals surface area contributed by atoms with E-state index in [1.807, 2.05) is 18.2 Å². The molecule has 0 atom stereocenters. The average molecular weight is 405 g/mol. The smallest absolute Gasteiger partial charge is 0.275 e. The van der Waals surface area contributed by atoms with Crippen LogP contribution in [0.4, 0.5) is 11.5 Å². The second-order valence-corrected chi connectivity index (χ2v) is 5.73. The van der Waals surface area contributed by atoms with Crippen LogP contribution in [0.1, 0.15) is 10.5 Å². The molecule has 0 unspecified atom stereocenters. The average Bonchev–Trinajstić information content (AvgIpc) is 2.37. The molecule has 0 saturated carbocycles. The zero-order valence-electron chi connectivity index (χ0n) is 9.45. The standard InChI is InChI=1S/C12H8Br2ClN3O/c13-6-2-1-3-7(14)10(6)18-12(19)11-8(15)4-5-9(16)17-11/h1-5H,(H2,16,17)(H,18,19). The molecule has 0 bridgehead atoms. The quantitative estimate of drug-likeness (QED) is 0.791. The maximum Gasteiger partial charge on any atom is 0.275 e. The summed E-state index contributed by atoms with van der Waals surface area (Å²) in [5, 5.41) is 2.97. The van der Waals surface area contributed by atoms with Gasteiger partial charge in [0.05, 0.1) is 10.7 Å². The summed E-state index contributed by atoms with van der Waals surface area (Å²) in [6.07, 6.45) is 0. The molecule has 2 aromatic rings. The number of hydrogen-bond donors (Lipinski definition) is 2. The summed E-state index contributed by atoms with van der Waals surface area (Å²) in [4.78, 5) is 16.1. The number of anilines is 2. The monoisotopic (exact) mass is 403 g/mol. The molecule has 0 aliphatic carbocycles. The van der Waals surface area contributed by atoms with Gasteiger partial charge in [0.2, 0.25) is 0 Å². The number of rotatable bonds is 2. The number of nitrogens with one attached hydrogen (secondary N) is 1. The van der Waals surface area contributed by atoms with E-state index in [2.05, 4.69) is 42.2 Å². The van der Waals surface area contributed by atoms with Gasteiger partial charge in [0.25, 0.3) is 5.91 Å². The van der Waals surface area contributed by atoms with Gasteiger partial charge in [-0.05, 0) is 56.1 Å². The first-order valence-corrected chi connectivity index (χ1v) is 7.13. The van der Waals surface area contributed by atoms with Crippen LogP contribution < -0.4 is 11.1 Å². The molecule has 1 heterocycles. The first kappa shape index (κ1) is 14.3. The van der Waals surface area contributed by atoms with Gasteiger partial charge >= 0.3 is 0 Å². The van der Waals surface area contributed by atoms with Crippen molar-refractivity contribution in [3.05, 3.63) is 50.0 Å². The third kappa shape index (κ3) is 3.26. The molecule has 4 nitrogen and oxygen atoms in total. The predicted octanol–water partition coefficient (Wildman–Crippen LogP) is 4.09. The summed E-state index contributed by atoms with van der Waals surface area (Å²) in [5.74, 6) is -0.189. The Morgan fingerprint density at radius 2 is 1.84 bits per heavy atom. The molecule has 3 N–H and O–H groups in total. The number of aromatic nitrogens is 1. The number of nitrogen functional groups attached to an aromatic ring is 1. The molecular weight excluding hydrogens is 397 g/mol. The molecule has 2 rings (SSSR count). The summed E-state index contributed by atoms with van der Waals surface area (Å²) in [6, 6.07) is 8.54. The Kier molecular flexibility index (Phi) is 4.44. The molecule has 19 heavy (non-hydrogen) atoms. The summed E-state index contributed by atoms with van der Waals surface area (Å²) in [7, 11) is 0. The fourth-order valence-electron chi connectivity index (χ4n) is 1.41. The molecule has 7 heteroatoms. The largest absolute Gasteiger partial charge is 0.384 e. The predicted molar refractivity (Wildman–Crippen MR) is 83.5 cm³/mol. The number of nitrogens with zero attached hydrogens (tertiary/aromatic N) is 1. The lowest BCUT2D eigenvalue weighted by Gasteiger charge is -2.10. The van der Waals surface area contributed by atoms with Crippen LogP contribution in [0, 0.1) is 0 Å². The Morgan fingerprint density at radius 3 is 2.47 bits per heavy atom. The van der Waals surface area contributed by atoms with E-state index in [-0.39, 0.29) is 16.5 Å². The molecular formula is C12H8Br2ClN3O. The molecule has 0 aliphatic heterocycles. The molecule has 0 spiro atoms. The van der Waals surface area contributed by atoms with Crippen LogP contribution in [-0.2, 0) is 0 Å². The maximum absolute atomic E-state index is 12.1. The van der Waals surface area contributed by atoms with Gasteiger partial charge in [-0.3, -0.25) is 4.79 Å². The Labute approximate surface area is 131 Å². The number of hydrogen-bond acceptors (Lipinski definition) is 3. The molecule has 0 saturated heterocycles. The number of amides is 1. The normalized spacial score (nSPS) is 10.3. The van der Waals surface area contributed by atoms with E-state index in [1.165, 1.54) is 12.1 Å². The van der Waals surface area contributed by atoms with Crippen LogP contribution in [0.25, 0.3) is 0 Å². The SMILES string of the molecule is Nc1ccc(Cl)c(C(=O)Nc2c(Br)cccc2Br)n1. The lowest BCUT2D eigenvalue weighted by Crippen LogP contribution is -2.15. The van der Waals surface area contributed by atoms with Gasteiger partial charge in [-0.1, -0.05) is 17.7 Å². The highest BCUT2D eigenvalue weighted by atomic mass is 79.9. The van der Waals surface area contributed by atoms with Crippen molar-refractivity contribution in [2.45, 2.75) is 0 Å². The van der Waals surface area contributed by atoms with Crippen LogP contribution in [0.2, 0.25) is 5.02 Å². The van der Waals surface area contributed by atoms with Crippen molar-refractivity contribution in [2.24, 2.45) is 0 Å². The minimum Gasteiger partial charge on any atom is -0.384 e. The summed E-state index contributed by atoms with van der Waals surface area (Å²) >= 11 is 12.7. The fourth-order valence-corrected chi connectivity index (χ4v) is 2.79. The molecule has 1 aromatic heterocycles. The van der Waals surface area contributed by atoms with Gasteiger partial charge in [0.1, 0.15) is 11.5 Å². The van der Waals surface area contributed by atoms with Crippen molar-refractivity contribution in [2.75, 3.05) is 11.1 Å². The van der Waals surface area contributed by atoms with E-state index in [9.17, 15) is 4.79 Å². The van der Waals surface area contributed by atoms with Gasteiger partial charge < -0.3 is 11.1 Å². The van der Waals surface area contributed by atoms with E-state index in [0.717, 1.165) is 8.95 Å². The number of nitrogens with two attached hydrogens (primary N) is 1. The molecule has 98 valence electrons. The van der Waals surface area contributed by atoms with E-state index in [0.29, 0.717) is 5.69 Å². The summed E-state index contributed by atoms with van der Waals surface area (Å²) in [6.45, 7) is 0. The van der Waals surface area contributed by atoms with Crippen LogP contribution >= 0.6 is 43.5 Å². The molecule has 1 amide bonds. The van der Waals surface area contributed by atoms with Gasteiger partial charge in [0, 0.05) is 8.95 Å². The zero-order chi connectivity index (χ0) is 14.0. The van der Waals surface area contributed by atoms with Crippen LogP contribution in [0.15, 0.2) is 39.3 Å². The van der Waals surface area contributed by atoms with Gasteiger partial charge in [-0.2, -0.15) is 0 Å². The second-order valence-electron chi connectivity index (χ2n) is 3.62. The van der Waals surface area contributed by atoms with Crippen LogP contribution in [0.3, 0.4) is 0 Å². The number of carbonyl (C=O) groups excluding carboxylic acids is 1. The van der Waals surface area contributed by atoms with Crippen molar-refractivity contribution in [3.63, 3.8) is 0 Å². The van der Waals surface area contributed by atoms with Gasteiger partial charge in [-0.15, -0.1) is 0 Å². The van der Waals surface area contributed by atoms with E-state index < -0.39 is 5.91 Å². The zero-order valence-corrected chi connectivity index (χ0v) is 13.4. The van der Waals surface area contributed by atoms with Crippen molar-refractivity contribution < 1.29 is 4.79 Å². The number of halogens is 3. The molecule has 1 aromatic carbocycles. The van der Waals surface area contributed by atoms with Crippen molar-refractivity contribution >= 4 is 60.9 Å². The Hall–Kier alpha value is -1.11. The van der Waals surface area contributed by atoms with Crippen molar-refractivity contribution in [3.8, 4) is 0 Å². The highest BCUT2D eigenvalue weighted by molar-refractivity contribution is 9.11. The third-order valence-electron chi connectivity index (χ3n) is 2.28. The fraction of sp³-hybridized carbons (Fsp3) is 0. The minimum absolute atomic E-state index is 0.0873. The van der Waals surface area contributed by atoms with Crippen LogP contribution in [-0.4, -0.2) is 10.9 Å². The molecule has 0 radical (unpaired) electrons. The lowest BCUT2D eigenvalue weighted by molar-refractivity contribution is 0.102. The Balaban J connectivity index is 2.34. The lowest BCUT2D eigenvalue weighted by atomic mass is 10.3. The second kappa shape index (κ2) is 5.90. The topological polar surface area (TPSA) is 68.0 Å². The first-order valence-electron chi connectivity index (χ1n) is 5.16. The van der Waals surface area contributed by atoms with Gasteiger partial charge in [-0.25, -0.2) is 4.98 Å². The van der Waals surface area contributed by atoms with Crippen molar-refractivity contribution in [1.82, 2.24) is 4.98 Å². The minimum atomic E-state index is -0.426. The summed E-state index contributed by atoms with van der Waals surface area (Å²) in [5.41, 5.74) is 6.24. The highest BCUT2D eigenvalue weighted by Crippen LogP contribution is 2.31. The Bertz CT molecular complexity index is 629.